The van der Waals surface area contributed by atoms with Gasteiger partial charge < -0.3 is 19.1 Å². The minimum Gasteiger partial charge on any atom is -0.456 e. The summed E-state index contributed by atoms with van der Waals surface area (Å²) in [5.74, 6) is 2.88. The second-order valence-corrected chi connectivity index (χ2v) is 8.32. The number of aromatic nitrogens is 6. The predicted molar refractivity (Wildman–Crippen MR) is 126 cm³/mol. The molecule has 1 aliphatic rings. The van der Waals surface area contributed by atoms with Crippen molar-refractivity contribution in [3.05, 3.63) is 66.3 Å². The molecule has 0 radical (unpaired) electrons. The molecule has 1 aromatic carbocycles. The summed E-state index contributed by atoms with van der Waals surface area (Å²) in [5.41, 5.74) is 3.82. The molecular weight excluding hydrogens is 446 g/mol. The topological polar surface area (TPSA) is 123 Å². The van der Waals surface area contributed by atoms with Crippen molar-refractivity contribution < 1.29 is 14.1 Å². The smallest absolute Gasteiger partial charge is 0.223 e. The largest absolute Gasteiger partial charge is 0.456 e. The third-order valence-electron chi connectivity index (χ3n) is 5.81. The highest BCUT2D eigenvalue weighted by Gasteiger charge is 2.22. The highest BCUT2D eigenvalue weighted by molar-refractivity contribution is 5.85. The zero-order chi connectivity index (χ0) is 23.8. The molecular formula is C25H21N7O3. The number of carbonyl (C=O) groups is 1. The number of amides is 1. The van der Waals surface area contributed by atoms with E-state index in [0.717, 1.165) is 35.3 Å². The van der Waals surface area contributed by atoms with Crippen LogP contribution < -0.4 is 4.74 Å². The first kappa shape index (κ1) is 21.0. The van der Waals surface area contributed by atoms with Crippen LogP contribution in [0.5, 0.6) is 11.5 Å². The van der Waals surface area contributed by atoms with Crippen LogP contribution in [0.4, 0.5) is 0 Å². The Kier molecular flexibility index (Phi) is 5.17. The van der Waals surface area contributed by atoms with E-state index in [1.807, 2.05) is 35.2 Å². The zero-order valence-electron chi connectivity index (χ0n) is 18.9. The Morgan fingerprint density at radius 1 is 1.09 bits per heavy atom. The zero-order valence-corrected chi connectivity index (χ0v) is 18.9. The van der Waals surface area contributed by atoms with E-state index in [1.54, 1.807) is 31.5 Å². The maximum atomic E-state index is 12.3. The number of hydrogen-bond acceptors (Lipinski definition) is 8. The first-order chi connectivity index (χ1) is 17.1. The molecule has 0 spiro atoms. The van der Waals surface area contributed by atoms with Crippen LogP contribution in [0.15, 0.2) is 59.4 Å². The number of H-pyrrole nitrogens is 1. The molecule has 1 fully saturated rings. The number of carbonyl (C=O) groups excluding carboxylic acids is 1. The quantitative estimate of drug-likeness (QED) is 0.392. The van der Waals surface area contributed by atoms with Gasteiger partial charge in [0.1, 0.15) is 22.9 Å². The lowest BCUT2D eigenvalue weighted by Crippen LogP contribution is -2.24. The molecule has 1 saturated heterocycles. The van der Waals surface area contributed by atoms with Gasteiger partial charge >= 0.3 is 0 Å². The Morgan fingerprint density at radius 2 is 2.03 bits per heavy atom. The molecule has 0 unspecified atom stereocenters. The lowest BCUT2D eigenvalue weighted by atomic mass is 10.1. The van der Waals surface area contributed by atoms with E-state index in [0.29, 0.717) is 47.7 Å². The van der Waals surface area contributed by atoms with E-state index < -0.39 is 0 Å². The highest BCUT2D eigenvalue weighted by atomic mass is 16.5. The van der Waals surface area contributed by atoms with Gasteiger partial charge in [-0.1, -0.05) is 11.2 Å². The molecule has 0 saturated carbocycles. The number of ether oxygens (including phenoxy) is 1. The Morgan fingerprint density at radius 3 is 2.74 bits per heavy atom. The van der Waals surface area contributed by atoms with Crippen molar-refractivity contribution in [3.63, 3.8) is 0 Å². The van der Waals surface area contributed by atoms with Crippen molar-refractivity contribution >= 4 is 16.9 Å². The number of hydrogen-bond donors (Lipinski definition) is 1. The second-order valence-electron chi connectivity index (χ2n) is 8.32. The molecule has 6 rings (SSSR count). The summed E-state index contributed by atoms with van der Waals surface area (Å²) in [6, 6.07) is 13.1. The summed E-state index contributed by atoms with van der Waals surface area (Å²) >= 11 is 0. The summed E-state index contributed by atoms with van der Waals surface area (Å²) < 4.78 is 11.2. The van der Waals surface area contributed by atoms with Gasteiger partial charge in [-0.25, -0.2) is 9.97 Å². The monoisotopic (exact) mass is 467 g/mol. The number of fused-ring (bicyclic) bond motifs is 1. The summed E-state index contributed by atoms with van der Waals surface area (Å²) in [4.78, 5) is 35.3. The third-order valence-corrected chi connectivity index (χ3v) is 5.81. The van der Waals surface area contributed by atoms with Crippen molar-refractivity contribution in [2.75, 3.05) is 6.54 Å². The average molecular weight is 467 g/mol. The van der Waals surface area contributed by atoms with Crippen LogP contribution in [-0.2, 0) is 11.3 Å². The number of likely N-dealkylation sites (tertiary alicyclic amines) is 1. The molecule has 0 aliphatic carbocycles. The molecule has 10 nitrogen and oxygen atoms in total. The van der Waals surface area contributed by atoms with E-state index in [1.165, 1.54) is 0 Å². The fourth-order valence-corrected chi connectivity index (χ4v) is 4.15. The molecule has 0 bridgehead atoms. The average Bonchev–Trinajstić information content (AvgIpc) is 3.61. The minimum absolute atomic E-state index is 0.154. The third kappa shape index (κ3) is 4.21. The van der Waals surface area contributed by atoms with Crippen LogP contribution in [0.3, 0.4) is 0 Å². The fourth-order valence-electron chi connectivity index (χ4n) is 4.15. The highest BCUT2D eigenvalue weighted by Crippen LogP contribution is 2.31. The summed E-state index contributed by atoms with van der Waals surface area (Å²) in [6.45, 7) is 2.93. The Labute approximate surface area is 200 Å². The van der Waals surface area contributed by atoms with Gasteiger partial charge in [-0.2, -0.15) is 4.98 Å². The lowest BCUT2D eigenvalue weighted by molar-refractivity contribution is -0.128. The van der Waals surface area contributed by atoms with Crippen molar-refractivity contribution in [3.8, 4) is 34.5 Å². The van der Waals surface area contributed by atoms with Crippen LogP contribution in [0.2, 0.25) is 0 Å². The van der Waals surface area contributed by atoms with E-state index >= 15 is 0 Å². The van der Waals surface area contributed by atoms with Gasteiger partial charge in [0.25, 0.3) is 0 Å². The first-order valence-corrected chi connectivity index (χ1v) is 11.3. The maximum Gasteiger partial charge on any atom is 0.223 e. The molecule has 1 N–H and O–H groups in total. The maximum absolute atomic E-state index is 12.3. The van der Waals surface area contributed by atoms with Crippen molar-refractivity contribution in [1.82, 2.24) is 35.0 Å². The van der Waals surface area contributed by atoms with Gasteiger partial charge in [0, 0.05) is 44.3 Å². The molecule has 0 atom stereocenters. The van der Waals surface area contributed by atoms with E-state index in [-0.39, 0.29) is 5.91 Å². The summed E-state index contributed by atoms with van der Waals surface area (Å²) in [5, 5.41) is 3.89. The van der Waals surface area contributed by atoms with Gasteiger partial charge in [0.15, 0.2) is 5.82 Å². The Hall–Kier alpha value is -4.60. The second kappa shape index (κ2) is 8.64. The van der Waals surface area contributed by atoms with Gasteiger partial charge in [0.05, 0.1) is 17.2 Å². The normalized spacial score (nSPS) is 13.6. The number of nitrogens with zero attached hydrogens (tertiary/aromatic N) is 6. The van der Waals surface area contributed by atoms with Crippen molar-refractivity contribution in [2.24, 2.45) is 0 Å². The molecule has 10 heteroatoms. The van der Waals surface area contributed by atoms with Crippen LogP contribution in [0.25, 0.3) is 34.1 Å². The number of rotatable bonds is 6. The number of aryl methyl sites for hydroxylation is 1. The Balaban J connectivity index is 1.34. The molecule has 5 heterocycles. The van der Waals surface area contributed by atoms with Gasteiger partial charge in [0.2, 0.25) is 17.6 Å². The van der Waals surface area contributed by atoms with Crippen LogP contribution in [-0.4, -0.2) is 47.4 Å². The van der Waals surface area contributed by atoms with Crippen LogP contribution >= 0.6 is 0 Å². The van der Waals surface area contributed by atoms with Gasteiger partial charge in [-0.3, -0.25) is 9.78 Å². The van der Waals surface area contributed by atoms with Gasteiger partial charge in [-0.05, 0) is 36.8 Å². The molecule has 174 valence electrons. The summed E-state index contributed by atoms with van der Waals surface area (Å²) in [6.07, 6.45) is 4.79. The van der Waals surface area contributed by atoms with Crippen LogP contribution in [0.1, 0.15) is 24.3 Å². The van der Waals surface area contributed by atoms with E-state index in [2.05, 4.69) is 25.1 Å². The summed E-state index contributed by atoms with van der Waals surface area (Å²) in [7, 11) is 0. The molecule has 5 aromatic rings. The first-order valence-electron chi connectivity index (χ1n) is 11.3. The minimum atomic E-state index is 0.154. The van der Waals surface area contributed by atoms with Crippen LogP contribution in [0, 0.1) is 6.92 Å². The number of pyridine rings is 2. The number of aromatic amines is 1. The lowest BCUT2D eigenvalue weighted by Gasteiger charge is -2.16. The van der Waals surface area contributed by atoms with Crippen molar-refractivity contribution in [1.29, 1.82) is 0 Å². The standard InChI is InChI=1S/C25H21N7O3/c1-15-28-25(31-35-15)20-8-7-17(13-27-20)34-18-11-16(14-32-10-4-6-22(32)33)23-21(12-18)29-24(30-23)19-5-2-3-9-26-19/h2-3,5,7-9,11-13H,4,6,10,14H2,1H3,(H,29,30). The predicted octanol–water partition coefficient (Wildman–Crippen LogP) is 4.29. The SMILES string of the molecule is Cc1nc(-c2ccc(Oc3cc(CN4CCCC4=O)c4nc(-c5ccccn5)[nH]c4c3)cn2)no1. The van der Waals surface area contributed by atoms with Crippen molar-refractivity contribution in [2.45, 2.75) is 26.3 Å². The fraction of sp³-hybridized carbons (Fsp3) is 0.200. The molecule has 1 amide bonds. The number of imidazole rings is 1. The van der Waals surface area contributed by atoms with E-state index in [9.17, 15) is 4.79 Å². The Bertz CT molecular complexity index is 1510. The van der Waals surface area contributed by atoms with E-state index in [4.69, 9.17) is 14.2 Å². The molecule has 4 aromatic heterocycles. The molecule has 1 aliphatic heterocycles. The van der Waals surface area contributed by atoms with Gasteiger partial charge in [-0.15, -0.1) is 0 Å². The molecule has 35 heavy (non-hydrogen) atoms. The number of benzene rings is 1. The number of nitrogens with one attached hydrogen (secondary N) is 1.